The molecule has 10 nitrogen and oxygen atoms in total. The van der Waals surface area contributed by atoms with Gasteiger partial charge in [-0.15, -0.1) is 0 Å². The molecule has 232 valence electrons. The van der Waals surface area contributed by atoms with E-state index in [1.807, 2.05) is 18.2 Å². The number of aromatic nitrogens is 1. The quantitative estimate of drug-likeness (QED) is 0.129. The van der Waals surface area contributed by atoms with Crippen molar-refractivity contribution in [3.63, 3.8) is 0 Å². The van der Waals surface area contributed by atoms with E-state index in [1.165, 1.54) is 20.1 Å². The number of hydrogen-bond donors (Lipinski definition) is 4. The number of amides is 1. The van der Waals surface area contributed by atoms with E-state index in [9.17, 15) is 18.7 Å². The number of aliphatic imine (C=N–C) groups is 1. The molecule has 6 N–H and O–H groups in total. The van der Waals surface area contributed by atoms with E-state index in [-0.39, 0.29) is 52.2 Å². The Morgan fingerprint density at radius 2 is 2.00 bits per heavy atom. The van der Waals surface area contributed by atoms with Crippen LogP contribution in [0.3, 0.4) is 0 Å². The molecule has 0 atom stereocenters. The van der Waals surface area contributed by atoms with Crippen molar-refractivity contribution in [1.82, 2.24) is 14.8 Å². The number of benzene rings is 1. The summed E-state index contributed by atoms with van der Waals surface area (Å²) in [4.78, 5) is 24.8. The molecule has 44 heavy (non-hydrogen) atoms. The Morgan fingerprint density at radius 1 is 1.23 bits per heavy atom. The van der Waals surface area contributed by atoms with E-state index in [0.29, 0.717) is 23.4 Å². The Labute approximate surface area is 255 Å². The lowest BCUT2D eigenvalue weighted by atomic mass is 9.93. The van der Waals surface area contributed by atoms with Gasteiger partial charge in [-0.05, 0) is 38.0 Å². The molecule has 1 aliphatic carbocycles. The average Bonchev–Trinajstić information content (AvgIpc) is 3.84. The zero-order valence-electron chi connectivity index (χ0n) is 24.7. The molecule has 0 bridgehead atoms. The Hall–Kier alpha value is -4.71. The number of aliphatic hydroxyl groups excluding tert-OH is 1. The number of allylic oxidation sites excluding steroid dienone is 3. The van der Waals surface area contributed by atoms with E-state index >= 15 is 0 Å². The number of likely N-dealkylation sites (tertiary alicyclic amines) is 1. The number of halogens is 2. The van der Waals surface area contributed by atoms with Crippen LogP contribution in [-0.4, -0.2) is 70.8 Å². The summed E-state index contributed by atoms with van der Waals surface area (Å²) in [5, 5.41) is 13.2. The molecule has 12 heteroatoms. The zero-order chi connectivity index (χ0) is 31.4. The highest BCUT2D eigenvalue weighted by molar-refractivity contribution is 6.02. The van der Waals surface area contributed by atoms with E-state index < -0.39 is 6.43 Å². The number of aliphatic hydroxyl groups is 1. The first kappa shape index (κ1) is 30.7. The van der Waals surface area contributed by atoms with Crippen molar-refractivity contribution in [2.75, 3.05) is 32.1 Å². The number of pyridine rings is 1. The van der Waals surface area contributed by atoms with Gasteiger partial charge in [0.05, 0.1) is 35.9 Å². The van der Waals surface area contributed by atoms with Crippen LogP contribution in [0.4, 0.5) is 14.5 Å². The van der Waals surface area contributed by atoms with Gasteiger partial charge in [0.25, 0.3) is 12.3 Å². The topological polar surface area (TPSA) is 142 Å². The van der Waals surface area contributed by atoms with Crippen molar-refractivity contribution in [2.45, 2.75) is 38.8 Å². The SMILES string of the molecule is COc1c(NC(=C/C(N)=NC(=O)C2CC2)/C(N)=C(/C)O)cccc1C1=CN(C2CN(Cc3ccccn3)C2)CC=C1C(F)F. The third kappa shape index (κ3) is 7.08. The summed E-state index contributed by atoms with van der Waals surface area (Å²) in [5.74, 6) is -0.420. The second-order valence-electron chi connectivity index (χ2n) is 11.1. The van der Waals surface area contributed by atoms with Gasteiger partial charge in [-0.25, -0.2) is 8.78 Å². The number of carbonyl (C=O) groups is 1. The predicted octanol–water partition coefficient (Wildman–Crippen LogP) is 4.16. The number of rotatable bonds is 11. The molecule has 1 aromatic carbocycles. The molecule has 3 heterocycles. The maximum absolute atomic E-state index is 14.3. The second kappa shape index (κ2) is 13.3. The maximum atomic E-state index is 14.3. The molecule has 1 aromatic heterocycles. The number of ether oxygens (including phenoxy) is 1. The molecule has 5 rings (SSSR count). The molecule has 2 aliphatic heterocycles. The first-order valence-corrected chi connectivity index (χ1v) is 14.4. The van der Waals surface area contributed by atoms with Gasteiger partial charge in [-0.2, -0.15) is 4.99 Å². The Kier molecular flexibility index (Phi) is 9.29. The fourth-order valence-electron chi connectivity index (χ4n) is 5.21. The van der Waals surface area contributed by atoms with Gasteiger partial charge in [0.1, 0.15) is 17.3 Å². The Balaban J connectivity index is 1.42. The zero-order valence-corrected chi connectivity index (χ0v) is 24.7. The highest BCUT2D eigenvalue weighted by Gasteiger charge is 2.34. The number of anilines is 1. The van der Waals surface area contributed by atoms with E-state index in [1.54, 1.807) is 36.7 Å². The number of nitrogens with two attached hydrogens (primary N) is 2. The third-order valence-corrected chi connectivity index (χ3v) is 7.80. The van der Waals surface area contributed by atoms with Crippen LogP contribution in [0.2, 0.25) is 0 Å². The van der Waals surface area contributed by atoms with Crippen LogP contribution < -0.4 is 21.5 Å². The van der Waals surface area contributed by atoms with Crippen molar-refractivity contribution in [1.29, 1.82) is 0 Å². The summed E-state index contributed by atoms with van der Waals surface area (Å²) in [6.07, 6.45) is 5.32. The monoisotopic (exact) mass is 605 g/mol. The van der Waals surface area contributed by atoms with Gasteiger partial charge in [0.2, 0.25) is 0 Å². The molecule has 1 saturated carbocycles. The van der Waals surface area contributed by atoms with Gasteiger partial charge in [-0.3, -0.25) is 14.7 Å². The Bertz CT molecular complexity index is 1540. The highest BCUT2D eigenvalue weighted by Crippen LogP contribution is 2.41. The van der Waals surface area contributed by atoms with Crippen LogP contribution in [0.25, 0.3) is 5.57 Å². The lowest BCUT2D eigenvalue weighted by Crippen LogP contribution is -2.57. The number of nitrogens with zero attached hydrogens (tertiary/aromatic N) is 4. The van der Waals surface area contributed by atoms with Crippen molar-refractivity contribution in [2.24, 2.45) is 22.4 Å². The molecule has 0 unspecified atom stereocenters. The molecule has 0 spiro atoms. The third-order valence-electron chi connectivity index (χ3n) is 7.80. The minimum absolute atomic E-state index is 0.0362. The summed E-state index contributed by atoms with van der Waals surface area (Å²) >= 11 is 0. The smallest absolute Gasteiger partial charge is 0.264 e. The molecule has 2 fully saturated rings. The van der Waals surface area contributed by atoms with Crippen molar-refractivity contribution < 1.29 is 23.4 Å². The molecular weight excluding hydrogens is 568 g/mol. The minimum atomic E-state index is -2.70. The average molecular weight is 606 g/mol. The number of para-hydroxylation sites is 1. The van der Waals surface area contributed by atoms with Crippen LogP contribution in [0, 0.1) is 5.92 Å². The van der Waals surface area contributed by atoms with Crippen molar-refractivity contribution >= 4 is 23.0 Å². The fraction of sp³-hybridized carbons (Fsp3) is 0.344. The minimum Gasteiger partial charge on any atom is -0.510 e. The number of hydrogen-bond acceptors (Lipinski definition) is 8. The largest absolute Gasteiger partial charge is 0.510 e. The first-order chi connectivity index (χ1) is 21.1. The number of nitrogens with one attached hydrogen (secondary N) is 1. The lowest BCUT2D eigenvalue weighted by molar-refractivity contribution is -0.118. The molecule has 3 aliphatic rings. The van der Waals surface area contributed by atoms with Gasteiger partial charge in [0.15, 0.2) is 0 Å². The molecule has 1 amide bonds. The predicted molar refractivity (Wildman–Crippen MR) is 166 cm³/mol. The van der Waals surface area contributed by atoms with Crippen LogP contribution in [0.5, 0.6) is 5.75 Å². The Morgan fingerprint density at radius 3 is 2.64 bits per heavy atom. The van der Waals surface area contributed by atoms with E-state index in [4.69, 9.17) is 16.2 Å². The lowest BCUT2D eigenvalue weighted by Gasteiger charge is -2.46. The number of alkyl halides is 2. The number of carbonyl (C=O) groups excluding carboxylic acids is 1. The van der Waals surface area contributed by atoms with Gasteiger partial charge < -0.3 is 31.5 Å². The van der Waals surface area contributed by atoms with Crippen LogP contribution >= 0.6 is 0 Å². The fourth-order valence-corrected chi connectivity index (χ4v) is 5.21. The molecular formula is C32H37F2N7O3. The van der Waals surface area contributed by atoms with Crippen LogP contribution in [0.15, 0.2) is 88.7 Å². The summed E-state index contributed by atoms with van der Waals surface area (Å²) in [6.45, 7) is 4.06. The summed E-state index contributed by atoms with van der Waals surface area (Å²) in [6, 6.07) is 11.1. The van der Waals surface area contributed by atoms with Crippen molar-refractivity contribution in [3.05, 3.63) is 94.9 Å². The standard InChI is InChI=1S/C32H37F2N7O3/c1-19(42)29(36)27(14-28(35)39-32(43)20-9-10-20)38-26-8-5-7-23(30(26)44-2)25-18-41(13-11-24(25)31(33)34)22-16-40(17-22)15-21-6-3-4-12-37-21/h3-8,11-12,14,18,20,22,31,38,42H,9-10,13,15-17,36H2,1-2H3,(H2,35,39,43)/b27-14+,29-19+. The molecule has 0 radical (unpaired) electrons. The second-order valence-corrected chi connectivity index (χ2v) is 11.1. The summed E-state index contributed by atoms with van der Waals surface area (Å²) < 4.78 is 34.4. The normalized spacial score (nSPS) is 18.8. The van der Waals surface area contributed by atoms with Crippen LogP contribution in [-0.2, 0) is 11.3 Å². The first-order valence-electron chi connectivity index (χ1n) is 14.4. The van der Waals surface area contributed by atoms with Gasteiger partial charge >= 0.3 is 0 Å². The van der Waals surface area contributed by atoms with E-state index in [0.717, 1.165) is 38.2 Å². The maximum Gasteiger partial charge on any atom is 0.264 e. The molecule has 1 saturated heterocycles. The van der Waals surface area contributed by atoms with Gasteiger partial charge in [-0.1, -0.05) is 24.3 Å². The van der Waals surface area contributed by atoms with Gasteiger partial charge in [0, 0.05) is 67.3 Å². The number of amidine groups is 1. The van der Waals surface area contributed by atoms with Crippen LogP contribution in [0.1, 0.15) is 31.0 Å². The number of methoxy groups -OCH3 is 1. The summed E-state index contributed by atoms with van der Waals surface area (Å²) in [7, 11) is 1.45. The van der Waals surface area contributed by atoms with Crippen molar-refractivity contribution in [3.8, 4) is 5.75 Å². The summed E-state index contributed by atoms with van der Waals surface area (Å²) in [5.41, 5.74) is 14.4. The molecule has 2 aromatic rings. The van der Waals surface area contributed by atoms with E-state index in [2.05, 4.69) is 25.1 Å². The highest BCUT2D eigenvalue weighted by atomic mass is 19.3.